The molecule has 0 aliphatic carbocycles. The van der Waals surface area contributed by atoms with Crippen molar-refractivity contribution < 1.29 is 4.39 Å². The van der Waals surface area contributed by atoms with Crippen molar-refractivity contribution in [2.24, 2.45) is 0 Å². The van der Waals surface area contributed by atoms with Crippen LogP contribution in [0.4, 0.5) is 4.39 Å². The summed E-state index contributed by atoms with van der Waals surface area (Å²) in [6.45, 7) is 0. The molecule has 0 aromatic carbocycles. The highest BCUT2D eigenvalue weighted by molar-refractivity contribution is 8.03. The van der Waals surface area contributed by atoms with Gasteiger partial charge in [-0.3, -0.25) is 0 Å². The Morgan fingerprint density at radius 2 is 2.57 bits per heavy atom. The second-order valence-electron chi connectivity index (χ2n) is 0.793. The van der Waals surface area contributed by atoms with Crippen molar-refractivity contribution in [3.8, 4) is 5.40 Å². The Kier molecular flexibility index (Phi) is 4.26. The standard InChI is InChI=1S/C3H3ClFNS/c4-3(5)1-7-2-6/h3H,1H2. The molecule has 4 heteroatoms. The van der Waals surface area contributed by atoms with Crippen molar-refractivity contribution in [1.29, 1.82) is 5.26 Å². The summed E-state index contributed by atoms with van der Waals surface area (Å²) in [4.78, 5) is 0. The van der Waals surface area contributed by atoms with Gasteiger partial charge in [0.2, 0.25) is 0 Å². The molecule has 7 heavy (non-hydrogen) atoms. The average Bonchev–Trinajstić information content (AvgIpc) is 1.61. The first kappa shape index (κ1) is 7.06. The summed E-state index contributed by atoms with van der Waals surface area (Å²) in [5.74, 6) is 0.0536. The largest absolute Gasteiger partial charge is 0.229 e. The van der Waals surface area contributed by atoms with Crippen LogP contribution in [0.1, 0.15) is 0 Å². The van der Waals surface area contributed by atoms with Gasteiger partial charge in [-0.25, -0.2) is 4.39 Å². The lowest BCUT2D eigenvalue weighted by Crippen LogP contribution is -1.88. The molecule has 0 heterocycles. The summed E-state index contributed by atoms with van der Waals surface area (Å²) >= 11 is 5.63. The minimum atomic E-state index is -1.38. The maximum Gasteiger partial charge on any atom is 0.183 e. The van der Waals surface area contributed by atoms with Gasteiger partial charge < -0.3 is 0 Å². The molecule has 0 spiro atoms. The molecule has 1 nitrogen and oxygen atoms in total. The summed E-state index contributed by atoms with van der Waals surface area (Å²) in [5, 5.41) is 9.49. The van der Waals surface area contributed by atoms with Gasteiger partial charge in [0.05, 0.1) is 5.75 Å². The van der Waals surface area contributed by atoms with Crippen molar-refractivity contribution in [2.75, 3.05) is 5.75 Å². The predicted molar refractivity (Wildman–Crippen MR) is 28.8 cm³/mol. The van der Waals surface area contributed by atoms with Crippen LogP contribution in [0.5, 0.6) is 0 Å². The van der Waals surface area contributed by atoms with Gasteiger partial charge in [-0.1, -0.05) is 11.6 Å². The fraction of sp³-hybridized carbons (Fsp3) is 0.667. The molecular formula is C3H3ClFNS. The van der Waals surface area contributed by atoms with Crippen LogP contribution in [0.2, 0.25) is 0 Å². The van der Waals surface area contributed by atoms with Gasteiger partial charge in [0, 0.05) is 0 Å². The molecule has 1 unspecified atom stereocenters. The second kappa shape index (κ2) is 4.23. The minimum Gasteiger partial charge on any atom is -0.229 e. The molecule has 0 bridgehead atoms. The first-order valence-corrected chi connectivity index (χ1v) is 2.98. The third-order valence-corrected chi connectivity index (χ3v) is 1.20. The van der Waals surface area contributed by atoms with Gasteiger partial charge >= 0.3 is 0 Å². The summed E-state index contributed by atoms with van der Waals surface area (Å²) in [6, 6.07) is 0. The van der Waals surface area contributed by atoms with E-state index in [0.29, 0.717) is 0 Å². The smallest absolute Gasteiger partial charge is 0.183 e. The van der Waals surface area contributed by atoms with Crippen LogP contribution >= 0.6 is 23.4 Å². The number of nitrogens with zero attached hydrogens (tertiary/aromatic N) is 1. The molecule has 0 aliphatic heterocycles. The van der Waals surface area contributed by atoms with Crippen molar-refractivity contribution in [2.45, 2.75) is 5.63 Å². The summed E-state index contributed by atoms with van der Waals surface area (Å²) in [6.07, 6.45) is 0. The first-order chi connectivity index (χ1) is 3.27. The van der Waals surface area contributed by atoms with Gasteiger partial charge in [0.15, 0.2) is 5.63 Å². The molecule has 0 fully saturated rings. The fourth-order valence-electron chi connectivity index (χ4n) is 0.100. The van der Waals surface area contributed by atoms with Crippen LogP contribution in [0.3, 0.4) is 0 Å². The molecular weight excluding hydrogens is 137 g/mol. The number of rotatable bonds is 2. The van der Waals surface area contributed by atoms with Crippen LogP contribution in [-0.2, 0) is 0 Å². The molecule has 0 N–H and O–H groups in total. The molecule has 0 radical (unpaired) electrons. The van der Waals surface area contributed by atoms with Crippen molar-refractivity contribution in [3.05, 3.63) is 0 Å². The number of alkyl halides is 2. The topological polar surface area (TPSA) is 23.8 Å². The number of nitriles is 1. The van der Waals surface area contributed by atoms with Crippen molar-refractivity contribution in [1.82, 2.24) is 0 Å². The van der Waals surface area contributed by atoms with E-state index in [4.69, 9.17) is 16.9 Å². The Morgan fingerprint density at radius 1 is 2.00 bits per heavy atom. The van der Waals surface area contributed by atoms with Crippen molar-refractivity contribution in [3.63, 3.8) is 0 Å². The highest BCUT2D eigenvalue weighted by Crippen LogP contribution is 2.05. The SMILES string of the molecule is N#CSCC(F)Cl. The van der Waals surface area contributed by atoms with E-state index in [0.717, 1.165) is 11.8 Å². The van der Waals surface area contributed by atoms with E-state index in [9.17, 15) is 4.39 Å². The van der Waals surface area contributed by atoms with E-state index in [2.05, 4.69) is 0 Å². The summed E-state index contributed by atoms with van der Waals surface area (Å²) < 4.78 is 11.5. The maximum atomic E-state index is 11.5. The van der Waals surface area contributed by atoms with Gasteiger partial charge in [-0.2, -0.15) is 5.26 Å². The Hall–Kier alpha value is 0.0600. The zero-order valence-electron chi connectivity index (χ0n) is 3.40. The molecule has 40 valence electrons. The zero-order chi connectivity index (χ0) is 5.70. The molecule has 0 aromatic heterocycles. The predicted octanol–water partition coefficient (Wildman–Crippen LogP) is 1.74. The van der Waals surface area contributed by atoms with E-state index in [1.807, 2.05) is 0 Å². The molecule has 0 aliphatic rings. The lowest BCUT2D eigenvalue weighted by atomic mass is 10.9. The van der Waals surface area contributed by atoms with Crippen LogP contribution in [-0.4, -0.2) is 11.4 Å². The minimum absolute atomic E-state index is 0.0536. The molecule has 0 amide bonds. The number of thioether (sulfide) groups is 1. The van der Waals surface area contributed by atoms with Gasteiger partial charge in [-0.05, 0) is 11.8 Å². The Morgan fingerprint density at radius 3 is 2.71 bits per heavy atom. The van der Waals surface area contributed by atoms with Crippen LogP contribution in [0, 0.1) is 10.7 Å². The van der Waals surface area contributed by atoms with Gasteiger partial charge in [0.1, 0.15) is 5.40 Å². The number of thiocyanates is 1. The Labute approximate surface area is 50.5 Å². The van der Waals surface area contributed by atoms with Crippen LogP contribution < -0.4 is 0 Å². The molecule has 1 atom stereocenters. The van der Waals surface area contributed by atoms with Gasteiger partial charge in [-0.15, -0.1) is 0 Å². The first-order valence-electron chi connectivity index (χ1n) is 1.56. The van der Waals surface area contributed by atoms with E-state index < -0.39 is 5.63 Å². The number of hydrogen-bond acceptors (Lipinski definition) is 2. The monoisotopic (exact) mass is 139 g/mol. The third-order valence-electron chi connectivity index (χ3n) is 0.274. The third kappa shape index (κ3) is 6.06. The molecule has 0 rings (SSSR count). The Bertz CT molecular complexity index is 79.5. The lowest BCUT2D eigenvalue weighted by molar-refractivity contribution is 0.481. The summed E-state index contributed by atoms with van der Waals surface area (Å²) in [7, 11) is 0. The van der Waals surface area contributed by atoms with Crippen LogP contribution in [0.25, 0.3) is 0 Å². The number of hydrogen-bond donors (Lipinski definition) is 0. The molecule has 0 saturated carbocycles. The highest BCUT2D eigenvalue weighted by Gasteiger charge is 1.96. The quantitative estimate of drug-likeness (QED) is 0.430. The zero-order valence-corrected chi connectivity index (χ0v) is 4.97. The lowest BCUT2D eigenvalue weighted by Gasteiger charge is -1.87. The maximum absolute atomic E-state index is 11.5. The van der Waals surface area contributed by atoms with Gasteiger partial charge in [0.25, 0.3) is 0 Å². The highest BCUT2D eigenvalue weighted by atomic mass is 35.5. The fourth-order valence-corrected chi connectivity index (χ4v) is 0.490. The normalized spacial score (nSPS) is 12.7. The molecule has 0 aromatic rings. The number of halogens is 2. The average molecular weight is 140 g/mol. The second-order valence-corrected chi connectivity index (χ2v) is 2.07. The van der Waals surface area contributed by atoms with E-state index in [1.54, 1.807) is 5.40 Å². The van der Waals surface area contributed by atoms with E-state index in [1.165, 1.54) is 0 Å². The van der Waals surface area contributed by atoms with Crippen molar-refractivity contribution >= 4 is 23.4 Å². The summed E-state index contributed by atoms with van der Waals surface area (Å²) in [5.41, 5.74) is -1.38. The molecule has 0 saturated heterocycles. The van der Waals surface area contributed by atoms with E-state index >= 15 is 0 Å². The Balaban J connectivity index is 2.86. The van der Waals surface area contributed by atoms with Crippen LogP contribution in [0.15, 0.2) is 0 Å². The van der Waals surface area contributed by atoms with E-state index in [-0.39, 0.29) is 5.75 Å².